The van der Waals surface area contributed by atoms with E-state index in [0.29, 0.717) is 0 Å². The molecule has 17 heavy (non-hydrogen) atoms. The Morgan fingerprint density at radius 2 is 2.29 bits per heavy atom. The molecule has 0 amide bonds. The molecule has 8 heteroatoms. The van der Waals surface area contributed by atoms with Crippen LogP contribution in [-0.4, -0.2) is 23.1 Å². The van der Waals surface area contributed by atoms with Gasteiger partial charge in [-0.05, 0) is 0 Å². The van der Waals surface area contributed by atoms with Crippen LogP contribution in [0.1, 0.15) is 15.9 Å². The molecular formula is C9H7N3O5. The molecule has 0 aliphatic carbocycles. The SMILES string of the molecule is COc1cc(C#N)c([N+](=O)[O-])c(N)c1C(=O)O. The molecule has 0 atom stereocenters. The molecule has 8 nitrogen and oxygen atoms in total. The van der Waals surface area contributed by atoms with Crippen LogP contribution in [0.15, 0.2) is 6.07 Å². The van der Waals surface area contributed by atoms with E-state index in [1.54, 1.807) is 6.07 Å². The van der Waals surface area contributed by atoms with Gasteiger partial charge in [0.1, 0.15) is 28.6 Å². The molecule has 0 saturated carbocycles. The standard InChI is InChI=1S/C9H7N3O5/c1-17-5-2-4(3-10)8(12(15)16)7(11)6(5)9(13)14/h2H,11H2,1H3,(H,13,14). The first-order chi connectivity index (χ1) is 7.93. The highest BCUT2D eigenvalue weighted by Gasteiger charge is 2.28. The number of methoxy groups -OCH3 is 1. The molecule has 1 aromatic rings. The maximum atomic E-state index is 10.9. The Hall–Kier alpha value is -2.82. The molecule has 0 spiro atoms. The first kappa shape index (κ1) is 12.3. The fraction of sp³-hybridized carbons (Fsp3) is 0.111. The summed E-state index contributed by atoms with van der Waals surface area (Å²) in [5.74, 6) is -1.66. The maximum absolute atomic E-state index is 10.9. The predicted molar refractivity (Wildman–Crippen MR) is 55.7 cm³/mol. The number of anilines is 1. The summed E-state index contributed by atoms with van der Waals surface area (Å²) in [6.07, 6.45) is 0. The number of carboxylic acids is 1. The third kappa shape index (κ3) is 1.93. The number of nitro groups is 1. The van der Waals surface area contributed by atoms with Crippen LogP contribution in [-0.2, 0) is 0 Å². The minimum Gasteiger partial charge on any atom is -0.496 e. The molecule has 0 bridgehead atoms. The Labute approximate surface area is 95.0 Å². The van der Waals surface area contributed by atoms with E-state index in [0.717, 1.165) is 6.07 Å². The number of aromatic carboxylic acids is 1. The van der Waals surface area contributed by atoms with Crippen LogP contribution in [0.4, 0.5) is 11.4 Å². The van der Waals surface area contributed by atoms with Crippen molar-refractivity contribution in [2.75, 3.05) is 12.8 Å². The van der Waals surface area contributed by atoms with Crippen LogP contribution >= 0.6 is 0 Å². The van der Waals surface area contributed by atoms with Crippen LogP contribution in [0.2, 0.25) is 0 Å². The van der Waals surface area contributed by atoms with Gasteiger partial charge >= 0.3 is 11.7 Å². The highest BCUT2D eigenvalue weighted by atomic mass is 16.6. The number of hydrogen-bond donors (Lipinski definition) is 2. The van der Waals surface area contributed by atoms with Gasteiger partial charge in [0.2, 0.25) is 0 Å². The first-order valence-corrected chi connectivity index (χ1v) is 4.22. The number of nitriles is 1. The van der Waals surface area contributed by atoms with Crippen molar-refractivity contribution in [2.45, 2.75) is 0 Å². The Bertz CT molecular complexity index is 547. The number of nitrogen functional groups attached to an aromatic ring is 1. The summed E-state index contributed by atoms with van der Waals surface area (Å²) in [6, 6.07) is 2.53. The lowest BCUT2D eigenvalue weighted by molar-refractivity contribution is -0.384. The summed E-state index contributed by atoms with van der Waals surface area (Å²) in [4.78, 5) is 20.7. The quantitative estimate of drug-likeness (QED) is 0.449. The van der Waals surface area contributed by atoms with Crippen molar-refractivity contribution in [1.29, 1.82) is 5.26 Å². The Morgan fingerprint density at radius 1 is 1.71 bits per heavy atom. The van der Waals surface area contributed by atoms with Gasteiger partial charge in [0, 0.05) is 6.07 Å². The summed E-state index contributed by atoms with van der Waals surface area (Å²) >= 11 is 0. The molecule has 0 heterocycles. The van der Waals surface area contributed by atoms with Gasteiger partial charge in [0.15, 0.2) is 0 Å². The number of hydrogen-bond acceptors (Lipinski definition) is 6. The van der Waals surface area contributed by atoms with Crippen LogP contribution < -0.4 is 10.5 Å². The molecule has 1 rings (SSSR count). The molecule has 0 aliphatic rings. The molecule has 88 valence electrons. The van der Waals surface area contributed by atoms with E-state index in [1.807, 2.05) is 0 Å². The van der Waals surface area contributed by atoms with Gasteiger partial charge < -0.3 is 15.6 Å². The first-order valence-electron chi connectivity index (χ1n) is 4.22. The lowest BCUT2D eigenvalue weighted by Gasteiger charge is -2.08. The minimum atomic E-state index is -1.47. The number of nitrogens with two attached hydrogens (primary N) is 1. The van der Waals surface area contributed by atoms with Gasteiger partial charge in [0.25, 0.3) is 0 Å². The Kier molecular flexibility index (Phi) is 3.14. The lowest BCUT2D eigenvalue weighted by atomic mass is 10.1. The average Bonchev–Trinajstić information content (AvgIpc) is 2.26. The van der Waals surface area contributed by atoms with Crippen LogP contribution in [0.25, 0.3) is 0 Å². The van der Waals surface area contributed by atoms with Crippen molar-refractivity contribution in [3.63, 3.8) is 0 Å². The second-order valence-corrected chi connectivity index (χ2v) is 2.94. The smallest absolute Gasteiger partial charge is 0.341 e. The zero-order valence-electron chi connectivity index (χ0n) is 8.63. The maximum Gasteiger partial charge on any atom is 0.341 e. The number of ether oxygens (including phenoxy) is 1. The third-order valence-electron chi connectivity index (χ3n) is 2.04. The summed E-state index contributed by atoms with van der Waals surface area (Å²) in [5.41, 5.74) is 3.17. The van der Waals surface area contributed by atoms with Gasteiger partial charge in [0.05, 0.1) is 12.0 Å². The molecule has 0 aromatic heterocycles. The fourth-order valence-electron chi connectivity index (χ4n) is 1.33. The van der Waals surface area contributed by atoms with Gasteiger partial charge in [-0.15, -0.1) is 0 Å². The largest absolute Gasteiger partial charge is 0.496 e. The Balaban J connectivity index is 3.75. The summed E-state index contributed by atoms with van der Waals surface area (Å²) in [5, 5.41) is 28.3. The number of carbonyl (C=O) groups is 1. The second kappa shape index (κ2) is 4.36. The average molecular weight is 237 g/mol. The minimum absolute atomic E-state index is 0.197. The number of carboxylic acid groups (broad SMARTS) is 1. The molecule has 0 radical (unpaired) electrons. The number of nitrogens with zero attached hydrogens (tertiary/aromatic N) is 2. The second-order valence-electron chi connectivity index (χ2n) is 2.94. The molecule has 0 unspecified atom stereocenters. The monoisotopic (exact) mass is 237 g/mol. The van der Waals surface area contributed by atoms with Crippen LogP contribution in [0.3, 0.4) is 0 Å². The normalized spacial score (nSPS) is 9.41. The van der Waals surface area contributed by atoms with Crippen molar-refractivity contribution in [2.24, 2.45) is 0 Å². The highest BCUT2D eigenvalue weighted by Crippen LogP contribution is 2.36. The summed E-state index contributed by atoms with van der Waals surface area (Å²) in [6.45, 7) is 0. The van der Waals surface area contributed by atoms with Crippen molar-refractivity contribution in [3.8, 4) is 11.8 Å². The van der Waals surface area contributed by atoms with Gasteiger partial charge in [-0.25, -0.2) is 4.79 Å². The lowest BCUT2D eigenvalue weighted by Crippen LogP contribution is -2.09. The van der Waals surface area contributed by atoms with E-state index in [1.165, 1.54) is 7.11 Å². The molecular weight excluding hydrogens is 230 g/mol. The zero-order chi connectivity index (χ0) is 13.2. The predicted octanol–water partition coefficient (Wildman–Crippen LogP) is 0.755. The van der Waals surface area contributed by atoms with Crippen molar-refractivity contribution >= 4 is 17.3 Å². The topological polar surface area (TPSA) is 139 Å². The van der Waals surface area contributed by atoms with E-state index in [4.69, 9.17) is 20.8 Å². The summed E-state index contributed by atoms with van der Waals surface area (Å²) < 4.78 is 4.73. The number of rotatable bonds is 3. The molecule has 3 N–H and O–H groups in total. The molecule has 0 fully saturated rings. The van der Waals surface area contributed by atoms with E-state index in [2.05, 4.69) is 0 Å². The van der Waals surface area contributed by atoms with Crippen LogP contribution in [0.5, 0.6) is 5.75 Å². The van der Waals surface area contributed by atoms with Crippen molar-refractivity contribution in [1.82, 2.24) is 0 Å². The zero-order valence-corrected chi connectivity index (χ0v) is 8.63. The van der Waals surface area contributed by atoms with E-state index >= 15 is 0 Å². The van der Waals surface area contributed by atoms with E-state index < -0.39 is 27.8 Å². The van der Waals surface area contributed by atoms with Gasteiger partial charge in [-0.3, -0.25) is 10.1 Å². The van der Waals surface area contributed by atoms with E-state index in [9.17, 15) is 14.9 Å². The van der Waals surface area contributed by atoms with E-state index in [-0.39, 0.29) is 11.3 Å². The number of nitro benzene ring substituents is 1. The van der Waals surface area contributed by atoms with Crippen LogP contribution in [0, 0.1) is 21.4 Å². The van der Waals surface area contributed by atoms with Gasteiger partial charge in [-0.1, -0.05) is 0 Å². The molecule has 1 aromatic carbocycles. The molecule has 0 saturated heterocycles. The van der Waals surface area contributed by atoms with Gasteiger partial charge in [-0.2, -0.15) is 5.26 Å². The van der Waals surface area contributed by atoms with Crippen molar-refractivity contribution < 1.29 is 19.6 Å². The number of benzene rings is 1. The fourth-order valence-corrected chi connectivity index (χ4v) is 1.33. The Morgan fingerprint density at radius 3 is 2.65 bits per heavy atom. The summed E-state index contributed by atoms with van der Waals surface area (Å²) in [7, 11) is 1.17. The highest BCUT2D eigenvalue weighted by molar-refractivity contribution is 6.00. The van der Waals surface area contributed by atoms with Crippen molar-refractivity contribution in [3.05, 3.63) is 27.3 Å². The molecule has 0 aliphatic heterocycles. The third-order valence-corrected chi connectivity index (χ3v) is 2.04.